The second-order valence-electron chi connectivity index (χ2n) is 5.91. The van der Waals surface area contributed by atoms with Gasteiger partial charge in [-0.05, 0) is 6.42 Å². The zero-order valence-electron chi connectivity index (χ0n) is 12.1. The number of aliphatic carboxylic acids is 1. The van der Waals surface area contributed by atoms with Crippen LogP contribution in [0.2, 0.25) is 0 Å². The predicted molar refractivity (Wildman–Crippen MR) is 77.0 cm³/mol. The Morgan fingerprint density at radius 1 is 1.45 bits per heavy atom. The summed E-state index contributed by atoms with van der Waals surface area (Å²) in [5.74, 6) is 0.304. The number of hydrogen-bond acceptors (Lipinski definition) is 4. The molecule has 6 nitrogen and oxygen atoms in total. The number of hydrogen-bond donors (Lipinski definition) is 2. The number of ether oxygens (including phenoxy) is 1. The van der Waals surface area contributed by atoms with E-state index in [1.807, 2.05) is 0 Å². The molecular formula is C13H22N2O4S. The van der Waals surface area contributed by atoms with Crippen LogP contribution in [-0.4, -0.2) is 65.4 Å². The number of carbonyl (C=O) groups is 2. The standard InChI is InChI=1S/C13H22N2O4S/c1-13(2)9(6-10(13)19-3)14-12(18)15-4-5-20-7-8(15)11(16)17/h8-10H,4-7H2,1-3H3,(H,14,18)(H,16,17). The first kappa shape index (κ1) is 15.4. The molecule has 1 heterocycles. The van der Waals surface area contributed by atoms with Crippen molar-refractivity contribution in [3.63, 3.8) is 0 Å². The fourth-order valence-electron chi connectivity index (χ4n) is 2.81. The maximum atomic E-state index is 12.3. The second kappa shape index (κ2) is 5.81. The van der Waals surface area contributed by atoms with E-state index < -0.39 is 12.0 Å². The monoisotopic (exact) mass is 302 g/mol. The van der Waals surface area contributed by atoms with E-state index in [0.717, 1.165) is 12.2 Å². The van der Waals surface area contributed by atoms with E-state index in [9.17, 15) is 14.7 Å². The third-order valence-corrected chi connectivity index (χ3v) is 5.46. The summed E-state index contributed by atoms with van der Waals surface area (Å²) in [6, 6.07) is -0.968. The highest BCUT2D eigenvalue weighted by Crippen LogP contribution is 2.42. The molecule has 0 aromatic heterocycles. The summed E-state index contributed by atoms with van der Waals surface area (Å²) in [4.78, 5) is 24.9. The van der Waals surface area contributed by atoms with Crippen LogP contribution in [0.5, 0.6) is 0 Å². The van der Waals surface area contributed by atoms with Crippen LogP contribution < -0.4 is 5.32 Å². The van der Waals surface area contributed by atoms with Gasteiger partial charge in [0.1, 0.15) is 6.04 Å². The van der Waals surface area contributed by atoms with Crippen LogP contribution in [0.3, 0.4) is 0 Å². The number of carbonyl (C=O) groups excluding carboxylic acids is 1. The van der Waals surface area contributed by atoms with Gasteiger partial charge < -0.3 is 20.1 Å². The van der Waals surface area contributed by atoms with Crippen molar-refractivity contribution < 1.29 is 19.4 Å². The van der Waals surface area contributed by atoms with E-state index in [2.05, 4.69) is 19.2 Å². The van der Waals surface area contributed by atoms with E-state index >= 15 is 0 Å². The minimum Gasteiger partial charge on any atom is -0.480 e. The molecule has 3 atom stereocenters. The highest BCUT2D eigenvalue weighted by atomic mass is 32.2. The fraction of sp³-hybridized carbons (Fsp3) is 0.846. The van der Waals surface area contributed by atoms with Crippen LogP contribution in [0.15, 0.2) is 0 Å². The minimum absolute atomic E-state index is 0.0315. The predicted octanol–water partition coefficient (Wildman–Crippen LogP) is 1.01. The lowest BCUT2D eigenvalue weighted by Crippen LogP contribution is -2.65. The van der Waals surface area contributed by atoms with Crippen LogP contribution in [0.4, 0.5) is 4.79 Å². The van der Waals surface area contributed by atoms with Crippen LogP contribution in [0.25, 0.3) is 0 Å². The van der Waals surface area contributed by atoms with Gasteiger partial charge in [-0.1, -0.05) is 13.8 Å². The molecule has 1 aliphatic heterocycles. The first-order valence-electron chi connectivity index (χ1n) is 6.78. The quantitative estimate of drug-likeness (QED) is 0.813. The van der Waals surface area contributed by atoms with Crippen molar-refractivity contribution >= 4 is 23.8 Å². The van der Waals surface area contributed by atoms with Crippen molar-refractivity contribution in [1.82, 2.24) is 10.2 Å². The summed E-state index contributed by atoms with van der Waals surface area (Å²) < 4.78 is 5.36. The van der Waals surface area contributed by atoms with E-state index in [1.54, 1.807) is 18.9 Å². The number of nitrogens with one attached hydrogen (secondary N) is 1. The molecule has 0 spiro atoms. The molecule has 1 saturated heterocycles. The Morgan fingerprint density at radius 2 is 2.15 bits per heavy atom. The van der Waals surface area contributed by atoms with Gasteiger partial charge in [-0.25, -0.2) is 9.59 Å². The molecule has 0 radical (unpaired) electrons. The highest BCUT2D eigenvalue weighted by molar-refractivity contribution is 7.99. The molecule has 2 fully saturated rings. The smallest absolute Gasteiger partial charge is 0.327 e. The third kappa shape index (κ3) is 2.74. The molecule has 1 aliphatic carbocycles. The summed E-state index contributed by atoms with van der Waals surface area (Å²) in [5, 5.41) is 12.2. The SMILES string of the molecule is COC1CC(NC(=O)N2CCSCC2C(=O)O)C1(C)C. The molecule has 20 heavy (non-hydrogen) atoms. The van der Waals surface area contributed by atoms with Crippen molar-refractivity contribution in [2.24, 2.45) is 5.41 Å². The first-order chi connectivity index (χ1) is 9.37. The van der Waals surface area contributed by atoms with Gasteiger partial charge in [0, 0.05) is 36.6 Å². The lowest BCUT2D eigenvalue weighted by Gasteiger charge is -2.51. The van der Waals surface area contributed by atoms with Crippen molar-refractivity contribution in [3.8, 4) is 0 Å². The molecule has 7 heteroatoms. The Kier molecular flexibility index (Phi) is 4.49. The van der Waals surface area contributed by atoms with Gasteiger partial charge in [0.25, 0.3) is 0 Å². The molecule has 2 rings (SSSR count). The Morgan fingerprint density at radius 3 is 2.70 bits per heavy atom. The number of amides is 2. The molecule has 2 amide bonds. The number of carboxylic acids is 1. The summed E-state index contributed by atoms with van der Waals surface area (Å²) in [6.45, 7) is 4.58. The Labute approximate surface area is 123 Å². The number of nitrogens with zero attached hydrogens (tertiary/aromatic N) is 1. The van der Waals surface area contributed by atoms with Gasteiger partial charge in [-0.3, -0.25) is 0 Å². The Hall–Kier alpha value is -0.950. The lowest BCUT2D eigenvalue weighted by atomic mass is 9.64. The average Bonchev–Trinajstić information content (AvgIpc) is 2.42. The first-order valence-corrected chi connectivity index (χ1v) is 7.94. The summed E-state index contributed by atoms with van der Waals surface area (Å²) >= 11 is 1.57. The lowest BCUT2D eigenvalue weighted by molar-refractivity contribution is -0.141. The van der Waals surface area contributed by atoms with Gasteiger partial charge in [0.05, 0.1) is 6.10 Å². The van der Waals surface area contributed by atoms with Gasteiger partial charge in [0.2, 0.25) is 0 Å². The van der Waals surface area contributed by atoms with E-state index in [0.29, 0.717) is 12.3 Å². The van der Waals surface area contributed by atoms with Gasteiger partial charge in [-0.2, -0.15) is 11.8 Å². The topological polar surface area (TPSA) is 78.9 Å². The van der Waals surface area contributed by atoms with Crippen LogP contribution >= 0.6 is 11.8 Å². The molecule has 0 aromatic rings. The number of carboxylic acid groups (broad SMARTS) is 1. The molecule has 2 N–H and O–H groups in total. The van der Waals surface area contributed by atoms with Crippen molar-refractivity contribution in [2.45, 2.75) is 38.5 Å². The molecule has 114 valence electrons. The van der Waals surface area contributed by atoms with Gasteiger partial charge >= 0.3 is 12.0 Å². The van der Waals surface area contributed by atoms with Crippen molar-refractivity contribution in [3.05, 3.63) is 0 Å². The molecule has 0 aromatic carbocycles. The zero-order chi connectivity index (χ0) is 14.9. The minimum atomic E-state index is -0.935. The van der Waals surface area contributed by atoms with Crippen molar-refractivity contribution in [1.29, 1.82) is 0 Å². The van der Waals surface area contributed by atoms with Crippen LogP contribution in [-0.2, 0) is 9.53 Å². The number of thioether (sulfide) groups is 1. The van der Waals surface area contributed by atoms with E-state index in [1.165, 1.54) is 4.90 Å². The maximum absolute atomic E-state index is 12.3. The average molecular weight is 302 g/mol. The summed E-state index contributed by atoms with van der Waals surface area (Å²) in [6.07, 6.45) is 0.912. The largest absolute Gasteiger partial charge is 0.480 e. The molecule has 3 unspecified atom stereocenters. The third-order valence-electron chi connectivity index (χ3n) is 4.43. The molecule has 0 bridgehead atoms. The maximum Gasteiger partial charge on any atom is 0.327 e. The van der Waals surface area contributed by atoms with Crippen LogP contribution in [0, 0.1) is 5.41 Å². The summed E-state index contributed by atoms with van der Waals surface area (Å²) in [5.41, 5.74) is -0.117. The van der Waals surface area contributed by atoms with E-state index in [-0.39, 0.29) is 23.6 Å². The fourth-order valence-corrected chi connectivity index (χ4v) is 3.85. The number of methoxy groups -OCH3 is 1. The second-order valence-corrected chi connectivity index (χ2v) is 7.06. The number of rotatable bonds is 3. The number of urea groups is 1. The molecular weight excluding hydrogens is 280 g/mol. The van der Waals surface area contributed by atoms with Gasteiger partial charge in [-0.15, -0.1) is 0 Å². The van der Waals surface area contributed by atoms with Crippen LogP contribution in [0.1, 0.15) is 20.3 Å². The zero-order valence-corrected chi connectivity index (χ0v) is 12.9. The molecule has 2 aliphatic rings. The highest BCUT2D eigenvalue weighted by Gasteiger charge is 2.50. The normalized spacial score (nSPS) is 32.4. The Balaban J connectivity index is 1.96. The Bertz CT molecular complexity index is 402. The summed E-state index contributed by atoms with van der Waals surface area (Å²) in [7, 11) is 1.67. The van der Waals surface area contributed by atoms with Crippen molar-refractivity contribution in [2.75, 3.05) is 25.2 Å². The molecule has 1 saturated carbocycles. The van der Waals surface area contributed by atoms with E-state index in [4.69, 9.17) is 4.74 Å². The van der Waals surface area contributed by atoms with Gasteiger partial charge in [0.15, 0.2) is 0 Å².